The Hall–Kier alpha value is -0.0900. The number of aryl methyl sites for hydroxylation is 1. The van der Waals surface area contributed by atoms with Crippen molar-refractivity contribution in [3.63, 3.8) is 0 Å². The second-order valence-electron chi connectivity index (χ2n) is 5.70. The van der Waals surface area contributed by atoms with Gasteiger partial charge in [-0.05, 0) is 56.7 Å². The van der Waals surface area contributed by atoms with E-state index in [-0.39, 0.29) is 12.4 Å². The quantitative estimate of drug-likeness (QED) is 0.918. The zero-order valence-electron chi connectivity index (χ0n) is 11.2. The van der Waals surface area contributed by atoms with E-state index in [4.69, 9.17) is 0 Å². The molecule has 2 nitrogen and oxygen atoms in total. The molecular formula is C14H23ClN2S. The van der Waals surface area contributed by atoms with Crippen LogP contribution in [-0.4, -0.2) is 30.1 Å². The Balaban J connectivity index is 0.00000120. The molecule has 3 heterocycles. The predicted octanol–water partition coefficient (Wildman–Crippen LogP) is 3.19. The number of halogens is 1. The summed E-state index contributed by atoms with van der Waals surface area (Å²) in [4.78, 5) is 4.11. The van der Waals surface area contributed by atoms with Crippen LogP contribution in [0.4, 0.5) is 0 Å². The molecule has 2 saturated heterocycles. The monoisotopic (exact) mass is 286 g/mol. The van der Waals surface area contributed by atoms with Crippen LogP contribution in [0, 0.1) is 6.92 Å². The van der Waals surface area contributed by atoms with Gasteiger partial charge >= 0.3 is 0 Å². The fourth-order valence-corrected chi connectivity index (χ4v) is 4.28. The number of piperidine rings is 1. The number of hydrogen-bond donors (Lipinski definition) is 1. The van der Waals surface area contributed by atoms with E-state index in [9.17, 15) is 0 Å². The van der Waals surface area contributed by atoms with Crippen molar-refractivity contribution < 1.29 is 0 Å². The van der Waals surface area contributed by atoms with Gasteiger partial charge in [-0.1, -0.05) is 0 Å². The third kappa shape index (κ3) is 2.90. The summed E-state index contributed by atoms with van der Waals surface area (Å²) in [5.41, 5.74) is 1.46. The van der Waals surface area contributed by atoms with Crippen molar-refractivity contribution in [1.82, 2.24) is 10.2 Å². The van der Waals surface area contributed by atoms with Crippen LogP contribution in [-0.2, 0) is 6.54 Å². The van der Waals surface area contributed by atoms with Gasteiger partial charge in [0.25, 0.3) is 0 Å². The molecule has 4 heteroatoms. The Kier molecular flexibility index (Phi) is 4.70. The van der Waals surface area contributed by atoms with E-state index in [0.717, 1.165) is 24.7 Å². The van der Waals surface area contributed by atoms with Crippen molar-refractivity contribution in [2.24, 2.45) is 0 Å². The average Bonchev–Trinajstić information content (AvgIpc) is 2.86. The first-order valence-electron chi connectivity index (χ1n) is 6.71. The molecule has 2 fully saturated rings. The molecule has 0 saturated carbocycles. The Morgan fingerprint density at radius 1 is 1.33 bits per heavy atom. The summed E-state index contributed by atoms with van der Waals surface area (Å²) in [7, 11) is 2.30. The minimum absolute atomic E-state index is 0. The van der Waals surface area contributed by atoms with Crippen molar-refractivity contribution in [2.45, 2.75) is 57.3 Å². The molecule has 0 aliphatic carbocycles. The van der Waals surface area contributed by atoms with Gasteiger partial charge in [-0.25, -0.2) is 0 Å². The summed E-state index contributed by atoms with van der Waals surface area (Å²) in [6.07, 6.45) is 5.48. The molecule has 18 heavy (non-hydrogen) atoms. The molecule has 2 unspecified atom stereocenters. The summed E-state index contributed by atoms with van der Waals surface area (Å²) < 4.78 is 0. The average molecular weight is 287 g/mol. The summed E-state index contributed by atoms with van der Waals surface area (Å²) in [6.45, 7) is 3.36. The van der Waals surface area contributed by atoms with Gasteiger partial charge in [-0.15, -0.1) is 23.7 Å². The van der Waals surface area contributed by atoms with Gasteiger partial charge in [-0.3, -0.25) is 4.90 Å². The van der Waals surface area contributed by atoms with E-state index < -0.39 is 0 Å². The van der Waals surface area contributed by atoms with Crippen LogP contribution < -0.4 is 5.32 Å². The maximum atomic E-state index is 3.72. The van der Waals surface area contributed by atoms with Crippen molar-refractivity contribution in [1.29, 1.82) is 0 Å². The largest absolute Gasteiger partial charge is 0.311 e. The van der Waals surface area contributed by atoms with Gasteiger partial charge in [0.2, 0.25) is 0 Å². The normalized spacial score (nSPS) is 30.5. The van der Waals surface area contributed by atoms with E-state index in [1.807, 2.05) is 11.3 Å². The SMILES string of the molecule is Cc1ccsc1CN(C)C1CC2CCC(C1)N2.Cl. The fourth-order valence-electron chi connectivity index (χ4n) is 3.31. The van der Waals surface area contributed by atoms with Gasteiger partial charge in [0.15, 0.2) is 0 Å². The highest BCUT2D eigenvalue weighted by Crippen LogP contribution is 2.30. The summed E-state index contributed by atoms with van der Waals surface area (Å²) in [6, 6.07) is 4.62. The molecular weight excluding hydrogens is 264 g/mol. The van der Waals surface area contributed by atoms with Crippen molar-refractivity contribution in [3.8, 4) is 0 Å². The van der Waals surface area contributed by atoms with Crippen molar-refractivity contribution in [3.05, 3.63) is 21.9 Å². The zero-order chi connectivity index (χ0) is 11.8. The van der Waals surface area contributed by atoms with E-state index in [2.05, 4.69) is 35.6 Å². The molecule has 0 amide bonds. The number of rotatable bonds is 3. The molecule has 3 rings (SSSR count). The number of thiophene rings is 1. The van der Waals surface area contributed by atoms with Crippen LogP contribution in [0.1, 0.15) is 36.1 Å². The third-order valence-electron chi connectivity index (χ3n) is 4.43. The molecule has 0 aromatic carbocycles. The molecule has 2 aliphatic heterocycles. The predicted molar refractivity (Wildman–Crippen MR) is 80.7 cm³/mol. The maximum absolute atomic E-state index is 3.72. The number of nitrogens with zero attached hydrogens (tertiary/aromatic N) is 1. The molecule has 2 atom stereocenters. The molecule has 2 aliphatic rings. The van der Waals surface area contributed by atoms with Crippen LogP contribution in [0.2, 0.25) is 0 Å². The van der Waals surface area contributed by atoms with Crippen LogP contribution >= 0.6 is 23.7 Å². The van der Waals surface area contributed by atoms with Gasteiger partial charge in [0.05, 0.1) is 0 Å². The molecule has 1 aromatic rings. The lowest BCUT2D eigenvalue weighted by molar-refractivity contribution is 0.167. The first-order chi connectivity index (χ1) is 8.22. The highest BCUT2D eigenvalue weighted by atomic mass is 35.5. The minimum Gasteiger partial charge on any atom is -0.311 e. The van der Waals surface area contributed by atoms with Crippen LogP contribution in [0.5, 0.6) is 0 Å². The number of hydrogen-bond acceptors (Lipinski definition) is 3. The Bertz CT molecular complexity index is 381. The lowest BCUT2D eigenvalue weighted by Crippen LogP contribution is -2.46. The molecule has 2 bridgehead atoms. The van der Waals surface area contributed by atoms with E-state index >= 15 is 0 Å². The number of nitrogens with one attached hydrogen (secondary N) is 1. The van der Waals surface area contributed by atoms with Gasteiger partial charge < -0.3 is 5.32 Å². The van der Waals surface area contributed by atoms with Crippen LogP contribution in [0.25, 0.3) is 0 Å². The maximum Gasteiger partial charge on any atom is 0.0330 e. The van der Waals surface area contributed by atoms with Crippen LogP contribution in [0.3, 0.4) is 0 Å². The first kappa shape index (κ1) is 14.3. The van der Waals surface area contributed by atoms with Gasteiger partial charge in [-0.2, -0.15) is 0 Å². The molecule has 1 aromatic heterocycles. The molecule has 0 radical (unpaired) electrons. The lowest BCUT2D eigenvalue weighted by atomic mass is 9.98. The molecule has 102 valence electrons. The Morgan fingerprint density at radius 2 is 2.00 bits per heavy atom. The first-order valence-corrected chi connectivity index (χ1v) is 7.59. The van der Waals surface area contributed by atoms with Crippen molar-refractivity contribution in [2.75, 3.05) is 7.05 Å². The van der Waals surface area contributed by atoms with Gasteiger partial charge in [0, 0.05) is 29.5 Å². The highest BCUT2D eigenvalue weighted by Gasteiger charge is 2.35. The zero-order valence-corrected chi connectivity index (χ0v) is 12.8. The lowest BCUT2D eigenvalue weighted by Gasteiger charge is -2.35. The second-order valence-corrected chi connectivity index (χ2v) is 6.71. The van der Waals surface area contributed by atoms with E-state index in [0.29, 0.717) is 0 Å². The summed E-state index contributed by atoms with van der Waals surface area (Å²) in [5.74, 6) is 0. The van der Waals surface area contributed by atoms with Crippen molar-refractivity contribution >= 4 is 23.7 Å². The van der Waals surface area contributed by atoms with E-state index in [1.165, 1.54) is 31.2 Å². The van der Waals surface area contributed by atoms with Crippen LogP contribution in [0.15, 0.2) is 11.4 Å². The number of fused-ring (bicyclic) bond motifs is 2. The minimum atomic E-state index is 0. The third-order valence-corrected chi connectivity index (χ3v) is 5.44. The highest BCUT2D eigenvalue weighted by molar-refractivity contribution is 7.10. The standard InChI is InChI=1S/C14H22N2S.ClH/c1-10-5-6-17-14(10)9-16(2)13-7-11-3-4-12(8-13)15-11;/h5-6,11-13,15H,3-4,7-9H2,1-2H3;1H. The smallest absolute Gasteiger partial charge is 0.0330 e. The topological polar surface area (TPSA) is 15.3 Å². The summed E-state index contributed by atoms with van der Waals surface area (Å²) >= 11 is 1.90. The molecule has 1 N–H and O–H groups in total. The summed E-state index contributed by atoms with van der Waals surface area (Å²) in [5, 5.41) is 5.93. The Labute approximate surface area is 120 Å². The molecule has 0 spiro atoms. The van der Waals surface area contributed by atoms with E-state index in [1.54, 1.807) is 4.88 Å². The fraction of sp³-hybridized carbons (Fsp3) is 0.714. The Morgan fingerprint density at radius 3 is 2.56 bits per heavy atom. The second kappa shape index (κ2) is 5.91. The van der Waals surface area contributed by atoms with Gasteiger partial charge in [0.1, 0.15) is 0 Å².